The molecule has 6 nitrogen and oxygen atoms in total. The molecule has 0 radical (unpaired) electrons. The van der Waals surface area contributed by atoms with Crippen molar-refractivity contribution in [3.8, 4) is 0 Å². The number of benzene rings is 1. The number of ketones is 1. The summed E-state index contributed by atoms with van der Waals surface area (Å²) in [6, 6.07) is 9.02. The van der Waals surface area contributed by atoms with E-state index in [4.69, 9.17) is 4.74 Å². The molecule has 0 bridgehead atoms. The summed E-state index contributed by atoms with van der Waals surface area (Å²) in [5.74, 6) is -0.824. The van der Waals surface area contributed by atoms with Crippen LogP contribution in [0.3, 0.4) is 0 Å². The molecule has 0 aliphatic carbocycles. The quantitative estimate of drug-likeness (QED) is 0.597. The molecule has 1 N–H and O–H groups in total. The SMILES string of the molecule is CC(=O)Nc1ccc(CC(=O)OCC(=O)c2cc(C)n(C(C)C)c2C)cc1. The van der Waals surface area contributed by atoms with Crippen LogP contribution in [-0.4, -0.2) is 28.8 Å². The second-order valence-electron chi connectivity index (χ2n) is 6.89. The van der Waals surface area contributed by atoms with Crippen LogP contribution in [0.15, 0.2) is 30.3 Å². The summed E-state index contributed by atoms with van der Waals surface area (Å²) in [6.45, 7) is 9.14. The van der Waals surface area contributed by atoms with Gasteiger partial charge in [-0.15, -0.1) is 0 Å². The first kappa shape index (κ1) is 20.4. The number of anilines is 1. The molecule has 6 heteroatoms. The molecule has 2 aromatic rings. The van der Waals surface area contributed by atoms with Gasteiger partial charge < -0.3 is 14.6 Å². The fraction of sp³-hybridized carbons (Fsp3) is 0.381. The molecule has 2 rings (SSSR count). The second-order valence-corrected chi connectivity index (χ2v) is 6.89. The van der Waals surface area contributed by atoms with Gasteiger partial charge in [0.2, 0.25) is 11.7 Å². The van der Waals surface area contributed by atoms with Gasteiger partial charge >= 0.3 is 5.97 Å². The van der Waals surface area contributed by atoms with Crippen molar-refractivity contribution in [1.29, 1.82) is 0 Å². The minimum absolute atomic E-state index is 0.0681. The van der Waals surface area contributed by atoms with Crippen molar-refractivity contribution < 1.29 is 19.1 Å². The van der Waals surface area contributed by atoms with E-state index in [1.807, 2.05) is 19.9 Å². The van der Waals surface area contributed by atoms with Gasteiger partial charge in [0.15, 0.2) is 6.61 Å². The fourth-order valence-corrected chi connectivity index (χ4v) is 3.20. The number of aryl methyl sites for hydroxylation is 1. The van der Waals surface area contributed by atoms with E-state index in [-0.39, 0.29) is 30.8 Å². The highest BCUT2D eigenvalue weighted by molar-refractivity contribution is 5.99. The monoisotopic (exact) mass is 370 g/mol. The third-order valence-electron chi connectivity index (χ3n) is 4.29. The molecule has 0 saturated heterocycles. The van der Waals surface area contributed by atoms with Gasteiger partial charge in [-0.1, -0.05) is 12.1 Å². The first-order valence-corrected chi connectivity index (χ1v) is 8.92. The zero-order chi connectivity index (χ0) is 20.1. The third kappa shape index (κ3) is 5.29. The minimum atomic E-state index is -0.465. The van der Waals surface area contributed by atoms with Gasteiger partial charge in [-0.2, -0.15) is 0 Å². The number of aromatic nitrogens is 1. The summed E-state index contributed by atoms with van der Waals surface area (Å²) < 4.78 is 7.24. The number of amides is 1. The Morgan fingerprint density at radius 1 is 1.11 bits per heavy atom. The first-order valence-electron chi connectivity index (χ1n) is 8.92. The van der Waals surface area contributed by atoms with Gasteiger partial charge in [0.1, 0.15) is 0 Å². The van der Waals surface area contributed by atoms with E-state index >= 15 is 0 Å². The molecule has 1 amide bonds. The summed E-state index contributed by atoms with van der Waals surface area (Å²) in [7, 11) is 0. The lowest BCUT2D eigenvalue weighted by atomic mass is 10.1. The normalized spacial score (nSPS) is 10.7. The van der Waals surface area contributed by atoms with E-state index in [2.05, 4.69) is 23.7 Å². The Morgan fingerprint density at radius 3 is 2.26 bits per heavy atom. The van der Waals surface area contributed by atoms with E-state index in [0.29, 0.717) is 11.3 Å². The molecule has 0 aliphatic rings. The Labute approximate surface area is 159 Å². The Kier molecular flexibility index (Phi) is 6.55. The summed E-state index contributed by atoms with van der Waals surface area (Å²) in [5, 5.41) is 2.66. The Hall–Kier alpha value is -2.89. The highest BCUT2D eigenvalue weighted by atomic mass is 16.5. The van der Waals surface area contributed by atoms with E-state index < -0.39 is 5.97 Å². The standard InChI is InChI=1S/C21H26N2O4/c1-13(2)23-14(3)10-19(15(23)4)20(25)12-27-21(26)11-17-6-8-18(9-7-17)22-16(5)24/h6-10,13H,11-12H2,1-5H3,(H,22,24). The maximum Gasteiger partial charge on any atom is 0.310 e. The third-order valence-corrected chi connectivity index (χ3v) is 4.29. The molecule has 1 heterocycles. The molecule has 1 aromatic heterocycles. The van der Waals surface area contributed by atoms with Gasteiger partial charge in [-0.05, 0) is 51.5 Å². The smallest absolute Gasteiger partial charge is 0.310 e. The molecule has 0 fully saturated rings. The molecule has 0 spiro atoms. The van der Waals surface area contributed by atoms with Crippen molar-refractivity contribution in [2.75, 3.05) is 11.9 Å². The molecular weight excluding hydrogens is 344 g/mol. The van der Waals surface area contributed by atoms with Gasteiger partial charge in [-0.3, -0.25) is 14.4 Å². The van der Waals surface area contributed by atoms with Crippen LogP contribution in [0.1, 0.15) is 54.1 Å². The molecule has 0 unspecified atom stereocenters. The van der Waals surface area contributed by atoms with Crippen molar-refractivity contribution in [2.24, 2.45) is 0 Å². The first-order chi connectivity index (χ1) is 12.7. The topological polar surface area (TPSA) is 77.4 Å². The van der Waals surface area contributed by atoms with E-state index in [0.717, 1.165) is 17.0 Å². The number of nitrogens with one attached hydrogen (secondary N) is 1. The fourth-order valence-electron chi connectivity index (χ4n) is 3.20. The molecule has 27 heavy (non-hydrogen) atoms. The maximum atomic E-state index is 12.4. The lowest BCUT2D eigenvalue weighted by Crippen LogP contribution is -2.16. The van der Waals surface area contributed by atoms with Crippen LogP contribution in [0, 0.1) is 13.8 Å². The van der Waals surface area contributed by atoms with Crippen LogP contribution in [0.4, 0.5) is 5.69 Å². The number of hydrogen-bond donors (Lipinski definition) is 1. The van der Waals surface area contributed by atoms with Crippen LogP contribution in [0.2, 0.25) is 0 Å². The Bertz CT molecular complexity index is 848. The molecule has 144 valence electrons. The number of rotatable bonds is 7. The van der Waals surface area contributed by atoms with Gasteiger partial charge in [-0.25, -0.2) is 0 Å². The predicted molar refractivity (Wildman–Crippen MR) is 104 cm³/mol. The summed E-state index contributed by atoms with van der Waals surface area (Å²) in [6.07, 6.45) is 0.0681. The lowest BCUT2D eigenvalue weighted by Gasteiger charge is -2.13. The molecular formula is C21H26N2O4. The van der Waals surface area contributed by atoms with Crippen molar-refractivity contribution >= 4 is 23.3 Å². The number of esters is 1. The average Bonchev–Trinajstić information content (AvgIpc) is 2.88. The Morgan fingerprint density at radius 2 is 1.74 bits per heavy atom. The van der Waals surface area contributed by atoms with E-state index in [1.54, 1.807) is 24.3 Å². The largest absolute Gasteiger partial charge is 0.457 e. The van der Waals surface area contributed by atoms with Crippen LogP contribution in [-0.2, 0) is 20.7 Å². The summed E-state index contributed by atoms with van der Waals surface area (Å²) in [5.41, 5.74) is 3.90. The second kappa shape index (κ2) is 8.66. The number of ether oxygens (including phenoxy) is 1. The highest BCUT2D eigenvalue weighted by Crippen LogP contribution is 2.20. The average molecular weight is 370 g/mol. The molecule has 0 saturated carbocycles. The summed E-state index contributed by atoms with van der Waals surface area (Å²) >= 11 is 0. The number of carbonyl (C=O) groups is 3. The van der Waals surface area contributed by atoms with Crippen molar-refractivity contribution in [1.82, 2.24) is 4.57 Å². The maximum absolute atomic E-state index is 12.4. The number of hydrogen-bond acceptors (Lipinski definition) is 4. The van der Waals surface area contributed by atoms with E-state index in [9.17, 15) is 14.4 Å². The number of carbonyl (C=O) groups excluding carboxylic acids is 3. The van der Waals surface area contributed by atoms with Gasteiger partial charge in [0, 0.05) is 35.6 Å². The molecule has 0 atom stereocenters. The summed E-state index contributed by atoms with van der Waals surface area (Å²) in [4.78, 5) is 35.5. The van der Waals surface area contributed by atoms with Crippen molar-refractivity contribution in [3.63, 3.8) is 0 Å². The Balaban J connectivity index is 1.93. The number of nitrogens with zero attached hydrogens (tertiary/aromatic N) is 1. The molecule has 0 aliphatic heterocycles. The number of Topliss-reactive ketones (excluding diaryl/α,β-unsaturated/α-hetero) is 1. The van der Waals surface area contributed by atoms with Crippen LogP contribution in [0.5, 0.6) is 0 Å². The van der Waals surface area contributed by atoms with Crippen LogP contribution in [0.25, 0.3) is 0 Å². The van der Waals surface area contributed by atoms with Crippen molar-refractivity contribution in [2.45, 2.75) is 47.1 Å². The van der Waals surface area contributed by atoms with Crippen LogP contribution < -0.4 is 5.32 Å². The van der Waals surface area contributed by atoms with Gasteiger partial charge in [0.05, 0.1) is 6.42 Å². The zero-order valence-electron chi connectivity index (χ0n) is 16.5. The van der Waals surface area contributed by atoms with Crippen LogP contribution >= 0.6 is 0 Å². The van der Waals surface area contributed by atoms with Crippen molar-refractivity contribution in [3.05, 3.63) is 52.8 Å². The molecule has 1 aromatic carbocycles. The highest BCUT2D eigenvalue weighted by Gasteiger charge is 2.18. The van der Waals surface area contributed by atoms with E-state index in [1.165, 1.54) is 6.92 Å². The minimum Gasteiger partial charge on any atom is -0.457 e. The lowest BCUT2D eigenvalue weighted by molar-refractivity contribution is -0.141. The zero-order valence-corrected chi connectivity index (χ0v) is 16.5. The predicted octanol–water partition coefficient (Wildman–Crippen LogP) is 3.61. The van der Waals surface area contributed by atoms with Gasteiger partial charge in [0.25, 0.3) is 0 Å².